The molecule has 47 heavy (non-hydrogen) atoms. The fourth-order valence-corrected chi connectivity index (χ4v) is 5.35. The number of fused-ring (bicyclic) bond motifs is 3. The molecule has 0 spiro atoms. The van der Waals surface area contributed by atoms with Gasteiger partial charge in [-0.25, -0.2) is 19.0 Å². The summed E-state index contributed by atoms with van der Waals surface area (Å²) in [6, 6.07) is 10.2. The fraction of sp³-hybridized carbons (Fsp3) is 0.394. The van der Waals surface area contributed by atoms with Gasteiger partial charge in [-0.05, 0) is 68.7 Å². The van der Waals surface area contributed by atoms with Crippen molar-refractivity contribution in [3.8, 4) is 22.9 Å². The summed E-state index contributed by atoms with van der Waals surface area (Å²) in [5, 5.41) is 10.5. The standard InChI is InChI=1S/C33H39FN8O5/c1-19(2)28-31-37-21(4)40-42(31)15-16-47-26-17-23(9-12-25(26)46-5)32(44)35-13-6-14-41(18-27(43)38-28)33(45)29-20(3)36-30(39-29)22-7-10-24(34)11-8-22/h7-12,17,19,28H,6,13-16,18H2,1-5H3,(H,35,44)(H,36,39)(H,38,43)/t28-/m0/s1. The largest absolute Gasteiger partial charge is 0.493 e. The van der Waals surface area contributed by atoms with Gasteiger partial charge in [0.25, 0.3) is 11.8 Å². The van der Waals surface area contributed by atoms with Crippen molar-refractivity contribution in [1.29, 1.82) is 0 Å². The van der Waals surface area contributed by atoms with E-state index in [1.807, 2.05) is 13.8 Å². The molecule has 3 heterocycles. The number of nitrogens with one attached hydrogen (secondary N) is 3. The zero-order chi connectivity index (χ0) is 33.7. The summed E-state index contributed by atoms with van der Waals surface area (Å²) < 4.78 is 26.7. The van der Waals surface area contributed by atoms with Crippen LogP contribution in [0.2, 0.25) is 0 Å². The highest BCUT2D eigenvalue weighted by molar-refractivity contribution is 5.96. The smallest absolute Gasteiger partial charge is 0.274 e. The molecule has 1 atom stereocenters. The van der Waals surface area contributed by atoms with Gasteiger partial charge in [0, 0.05) is 29.9 Å². The van der Waals surface area contributed by atoms with Gasteiger partial charge in [0.15, 0.2) is 11.5 Å². The van der Waals surface area contributed by atoms with Crippen LogP contribution in [0.5, 0.6) is 11.5 Å². The highest BCUT2D eigenvalue weighted by Crippen LogP contribution is 2.29. The van der Waals surface area contributed by atoms with E-state index in [0.29, 0.717) is 58.8 Å². The SMILES string of the molecule is COc1ccc2cc1OCCn1nc(C)nc1[C@H](C(C)C)NC(=O)CN(C(=O)c1nc(-c3ccc(F)cc3)[nH]c1C)CCCNC2=O. The summed E-state index contributed by atoms with van der Waals surface area (Å²) >= 11 is 0. The van der Waals surface area contributed by atoms with E-state index in [2.05, 4.69) is 30.7 Å². The average molecular weight is 647 g/mol. The number of halogens is 1. The molecule has 2 bridgehead atoms. The van der Waals surface area contributed by atoms with Crippen LogP contribution in [0.1, 0.15) is 64.5 Å². The molecule has 1 aliphatic rings. The highest BCUT2D eigenvalue weighted by Gasteiger charge is 2.28. The summed E-state index contributed by atoms with van der Waals surface area (Å²) in [6.45, 7) is 8.07. The first kappa shape index (κ1) is 33.1. The van der Waals surface area contributed by atoms with Crippen molar-refractivity contribution in [3.05, 3.63) is 76.9 Å². The number of rotatable bonds is 4. The first-order chi connectivity index (χ1) is 22.5. The highest BCUT2D eigenvalue weighted by atomic mass is 19.1. The molecule has 248 valence electrons. The van der Waals surface area contributed by atoms with Gasteiger partial charge in [-0.1, -0.05) is 13.8 Å². The molecule has 13 nitrogen and oxygen atoms in total. The molecule has 2 aromatic heterocycles. The maximum atomic E-state index is 13.9. The molecule has 0 saturated heterocycles. The number of amides is 3. The summed E-state index contributed by atoms with van der Waals surface area (Å²) in [5.74, 6) is 0.752. The zero-order valence-electron chi connectivity index (χ0n) is 27.1. The quantitative estimate of drug-likeness (QED) is 0.304. The first-order valence-electron chi connectivity index (χ1n) is 15.5. The van der Waals surface area contributed by atoms with Crippen LogP contribution in [-0.4, -0.2) is 80.7 Å². The molecule has 0 unspecified atom stereocenters. The second kappa shape index (κ2) is 14.4. The minimum Gasteiger partial charge on any atom is -0.493 e. The first-order valence-corrected chi connectivity index (χ1v) is 15.5. The number of nitrogens with zero attached hydrogens (tertiary/aromatic N) is 5. The van der Waals surface area contributed by atoms with Crippen molar-refractivity contribution in [2.45, 2.75) is 46.7 Å². The van der Waals surface area contributed by atoms with Gasteiger partial charge in [-0.2, -0.15) is 5.10 Å². The van der Waals surface area contributed by atoms with Crippen molar-refractivity contribution < 1.29 is 28.2 Å². The summed E-state index contributed by atoms with van der Waals surface area (Å²) in [4.78, 5) is 54.2. The van der Waals surface area contributed by atoms with Crippen molar-refractivity contribution in [3.63, 3.8) is 0 Å². The number of hydrogen-bond acceptors (Lipinski definition) is 8. The number of H-pyrrole nitrogens is 1. The number of aromatic amines is 1. The van der Waals surface area contributed by atoms with Crippen molar-refractivity contribution >= 4 is 17.7 Å². The van der Waals surface area contributed by atoms with Crippen LogP contribution < -0.4 is 20.1 Å². The van der Waals surface area contributed by atoms with Gasteiger partial charge in [0.2, 0.25) is 5.91 Å². The van der Waals surface area contributed by atoms with Crippen LogP contribution in [0.15, 0.2) is 42.5 Å². The van der Waals surface area contributed by atoms with E-state index in [9.17, 15) is 18.8 Å². The number of aromatic nitrogens is 5. The Hall–Kier alpha value is -5.27. The van der Waals surface area contributed by atoms with Gasteiger partial charge >= 0.3 is 0 Å². The van der Waals surface area contributed by atoms with E-state index in [1.54, 1.807) is 48.9 Å². The van der Waals surface area contributed by atoms with E-state index in [0.717, 1.165) is 0 Å². The van der Waals surface area contributed by atoms with Crippen molar-refractivity contribution in [2.75, 3.05) is 33.4 Å². The van der Waals surface area contributed by atoms with Gasteiger partial charge < -0.3 is 30.0 Å². The molecule has 0 aliphatic carbocycles. The Morgan fingerprint density at radius 3 is 2.53 bits per heavy atom. The number of hydrogen-bond donors (Lipinski definition) is 3. The van der Waals surface area contributed by atoms with Gasteiger partial charge in [-0.15, -0.1) is 0 Å². The average Bonchev–Trinajstić information content (AvgIpc) is 3.62. The van der Waals surface area contributed by atoms with Crippen LogP contribution in [-0.2, 0) is 11.3 Å². The van der Waals surface area contributed by atoms with E-state index >= 15 is 0 Å². The minimum atomic E-state index is -0.506. The van der Waals surface area contributed by atoms with Crippen LogP contribution in [0.4, 0.5) is 4.39 Å². The normalized spacial score (nSPS) is 16.4. The molecule has 3 amide bonds. The molecule has 0 saturated carbocycles. The van der Waals surface area contributed by atoms with Crippen LogP contribution in [0.3, 0.4) is 0 Å². The van der Waals surface area contributed by atoms with E-state index in [1.165, 1.54) is 24.1 Å². The van der Waals surface area contributed by atoms with E-state index in [-0.39, 0.29) is 49.6 Å². The van der Waals surface area contributed by atoms with Gasteiger partial charge in [0.1, 0.15) is 35.6 Å². The van der Waals surface area contributed by atoms with Gasteiger partial charge in [0.05, 0.1) is 26.2 Å². The lowest BCUT2D eigenvalue weighted by Gasteiger charge is -2.26. The third-order valence-electron chi connectivity index (χ3n) is 7.77. The monoisotopic (exact) mass is 646 g/mol. The summed E-state index contributed by atoms with van der Waals surface area (Å²) in [5.41, 5.74) is 1.64. The Morgan fingerprint density at radius 2 is 1.81 bits per heavy atom. The number of aryl methyl sites for hydroxylation is 2. The Morgan fingerprint density at radius 1 is 1.06 bits per heavy atom. The van der Waals surface area contributed by atoms with Crippen molar-refractivity contribution in [2.24, 2.45) is 5.92 Å². The van der Waals surface area contributed by atoms with Crippen LogP contribution >= 0.6 is 0 Å². The summed E-state index contributed by atoms with van der Waals surface area (Å²) in [6.07, 6.45) is 0.361. The lowest BCUT2D eigenvalue weighted by Crippen LogP contribution is -2.44. The number of carbonyl (C=O) groups is 3. The topological polar surface area (TPSA) is 156 Å². The molecule has 5 rings (SSSR count). The molecule has 1 aliphatic heterocycles. The van der Waals surface area contributed by atoms with Crippen molar-refractivity contribution in [1.82, 2.24) is 40.3 Å². The third kappa shape index (κ3) is 7.76. The maximum Gasteiger partial charge on any atom is 0.274 e. The molecule has 0 fully saturated rings. The van der Waals surface area contributed by atoms with E-state index in [4.69, 9.17) is 9.47 Å². The maximum absolute atomic E-state index is 13.9. The van der Waals surface area contributed by atoms with Gasteiger partial charge in [-0.3, -0.25) is 14.4 Å². The minimum absolute atomic E-state index is 0.0594. The second-order valence-corrected chi connectivity index (χ2v) is 11.6. The Labute approximate surface area is 271 Å². The number of benzene rings is 2. The number of imidazole rings is 1. The molecular weight excluding hydrogens is 607 g/mol. The fourth-order valence-electron chi connectivity index (χ4n) is 5.35. The second-order valence-electron chi connectivity index (χ2n) is 11.6. The Bertz CT molecular complexity index is 1750. The predicted molar refractivity (Wildman–Crippen MR) is 171 cm³/mol. The van der Waals surface area contributed by atoms with E-state index < -0.39 is 17.9 Å². The number of ether oxygens (including phenoxy) is 2. The third-order valence-corrected chi connectivity index (χ3v) is 7.77. The lowest BCUT2D eigenvalue weighted by molar-refractivity contribution is -0.123. The number of methoxy groups -OCH3 is 1. The van der Waals surface area contributed by atoms with Crippen LogP contribution in [0, 0.1) is 25.6 Å². The van der Waals surface area contributed by atoms with Crippen LogP contribution in [0.25, 0.3) is 11.4 Å². The molecule has 4 aromatic rings. The molecule has 14 heteroatoms. The predicted octanol–water partition coefficient (Wildman–Crippen LogP) is 3.60. The molecule has 3 N–H and O–H groups in total. The Balaban J connectivity index is 1.45. The molecule has 2 aromatic carbocycles. The lowest BCUT2D eigenvalue weighted by atomic mass is 10.0. The zero-order valence-corrected chi connectivity index (χ0v) is 27.1. The number of carbonyl (C=O) groups excluding carboxylic acids is 3. The molecule has 0 radical (unpaired) electrons. The summed E-state index contributed by atoms with van der Waals surface area (Å²) in [7, 11) is 1.52. The Kier molecular flexibility index (Phi) is 10.2. The molecular formula is C33H39FN8O5.